The van der Waals surface area contributed by atoms with E-state index in [0.717, 1.165) is 12.8 Å². The summed E-state index contributed by atoms with van der Waals surface area (Å²) in [5, 5.41) is 0. The molecule has 0 unspecified atom stereocenters. The zero-order valence-corrected chi connectivity index (χ0v) is 16.0. The Hall–Kier alpha value is -2.46. The minimum atomic E-state index is -3.59. The van der Waals surface area contributed by atoms with Gasteiger partial charge in [-0.05, 0) is 43.0 Å². The summed E-state index contributed by atoms with van der Waals surface area (Å²) < 4.78 is 31.5. The fourth-order valence-electron chi connectivity index (χ4n) is 2.55. The lowest BCUT2D eigenvalue weighted by Crippen LogP contribution is -2.42. The lowest BCUT2D eigenvalue weighted by molar-refractivity contribution is -0.129. The molecule has 1 heterocycles. The normalized spacial score (nSPS) is 15.8. The molecule has 0 bridgehead atoms. The molecule has 1 aliphatic rings. The zero-order valence-electron chi connectivity index (χ0n) is 15.2. The van der Waals surface area contributed by atoms with Crippen molar-refractivity contribution in [3.63, 3.8) is 0 Å². The summed E-state index contributed by atoms with van der Waals surface area (Å²) in [5.41, 5.74) is 4.24. The van der Waals surface area contributed by atoms with Crippen LogP contribution in [0.25, 0.3) is 0 Å². The van der Waals surface area contributed by atoms with Crippen LogP contribution < -0.4 is 10.9 Å². The van der Waals surface area contributed by atoms with E-state index in [1.807, 2.05) is 0 Å². The number of nitrogens with zero attached hydrogens (tertiary/aromatic N) is 1. The van der Waals surface area contributed by atoms with Gasteiger partial charge in [-0.25, -0.2) is 13.2 Å². The van der Waals surface area contributed by atoms with E-state index >= 15 is 0 Å². The number of amides is 2. The number of esters is 1. The predicted molar refractivity (Wildman–Crippen MR) is 95.8 cm³/mol. The van der Waals surface area contributed by atoms with Crippen LogP contribution in [-0.2, 0) is 24.3 Å². The summed E-state index contributed by atoms with van der Waals surface area (Å²) in [5.74, 6) is -1.42. The van der Waals surface area contributed by atoms with Gasteiger partial charge >= 0.3 is 5.97 Å². The molecule has 0 saturated carbocycles. The third-order valence-electron chi connectivity index (χ3n) is 4.18. The van der Waals surface area contributed by atoms with Gasteiger partial charge in [0.2, 0.25) is 15.9 Å². The van der Waals surface area contributed by atoms with Crippen molar-refractivity contribution in [1.29, 1.82) is 0 Å². The first kappa shape index (κ1) is 20.8. The first-order chi connectivity index (χ1) is 12.7. The molecular weight excluding hydrogens is 374 g/mol. The molecule has 10 heteroatoms. The number of benzene rings is 1. The van der Waals surface area contributed by atoms with Crippen molar-refractivity contribution in [1.82, 2.24) is 15.2 Å². The van der Waals surface area contributed by atoms with Gasteiger partial charge in [-0.1, -0.05) is 6.92 Å². The van der Waals surface area contributed by atoms with E-state index in [4.69, 9.17) is 4.74 Å². The highest BCUT2D eigenvalue weighted by Gasteiger charge is 2.28. The largest absolute Gasteiger partial charge is 0.452 e. The molecule has 1 fully saturated rings. The van der Waals surface area contributed by atoms with E-state index in [0.29, 0.717) is 19.0 Å². The molecule has 0 spiro atoms. The standard InChI is InChI=1S/C17H23N3O6S/c1-12-7-9-20(10-8-12)27(24,25)15-5-3-14(4-6-15)17(23)26-11-16(22)19-18-13(2)21/h3-6,12H,7-11H2,1-2H3,(H,18,21)(H,19,22). The van der Waals surface area contributed by atoms with E-state index in [9.17, 15) is 22.8 Å². The number of hydrazine groups is 1. The molecule has 2 rings (SSSR count). The fourth-order valence-corrected chi connectivity index (χ4v) is 4.02. The van der Waals surface area contributed by atoms with Gasteiger partial charge in [0.25, 0.3) is 5.91 Å². The Morgan fingerprint density at radius 1 is 1.11 bits per heavy atom. The molecule has 1 aromatic rings. The molecule has 1 aliphatic heterocycles. The second-order valence-electron chi connectivity index (χ2n) is 6.42. The minimum absolute atomic E-state index is 0.108. The van der Waals surface area contributed by atoms with Crippen molar-refractivity contribution in [3.05, 3.63) is 29.8 Å². The summed E-state index contributed by atoms with van der Waals surface area (Å²) >= 11 is 0. The number of sulfonamides is 1. The Morgan fingerprint density at radius 2 is 1.70 bits per heavy atom. The molecule has 0 atom stereocenters. The van der Waals surface area contributed by atoms with Gasteiger partial charge in [0, 0.05) is 20.0 Å². The Balaban J connectivity index is 1.95. The molecular formula is C17H23N3O6S. The Labute approximate surface area is 158 Å². The third kappa shape index (κ3) is 5.76. The minimum Gasteiger partial charge on any atom is -0.452 e. The SMILES string of the molecule is CC(=O)NNC(=O)COC(=O)c1ccc(S(=O)(=O)N2CCC(C)CC2)cc1. The van der Waals surface area contributed by atoms with Crippen LogP contribution in [-0.4, -0.2) is 50.2 Å². The average molecular weight is 397 g/mol. The van der Waals surface area contributed by atoms with Gasteiger partial charge in [-0.2, -0.15) is 4.31 Å². The van der Waals surface area contributed by atoms with Crippen molar-refractivity contribution in [3.8, 4) is 0 Å². The smallest absolute Gasteiger partial charge is 0.338 e. The fraction of sp³-hybridized carbons (Fsp3) is 0.471. The van der Waals surface area contributed by atoms with Crippen LogP contribution >= 0.6 is 0 Å². The third-order valence-corrected chi connectivity index (χ3v) is 6.10. The first-order valence-corrected chi connectivity index (χ1v) is 9.97. The maximum atomic E-state index is 12.6. The molecule has 0 radical (unpaired) electrons. The number of hydrogen-bond donors (Lipinski definition) is 2. The lowest BCUT2D eigenvalue weighted by Gasteiger charge is -2.29. The van der Waals surface area contributed by atoms with Crippen molar-refractivity contribution < 1.29 is 27.5 Å². The van der Waals surface area contributed by atoms with E-state index in [2.05, 4.69) is 17.8 Å². The molecule has 9 nitrogen and oxygen atoms in total. The molecule has 0 aromatic heterocycles. The number of ether oxygens (including phenoxy) is 1. The number of carbonyl (C=O) groups excluding carboxylic acids is 3. The van der Waals surface area contributed by atoms with Gasteiger partial charge in [0.05, 0.1) is 10.5 Å². The van der Waals surface area contributed by atoms with E-state index < -0.39 is 34.4 Å². The second kappa shape index (κ2) is 8.96. The van der Waals surface area contributed by atoms with Crippen LogP contribution in [0.5, 0.6) is 0 Å². The number of piperidine rings is 1. The van der Waals surface area contributed by atoms with Gasteiger partial charge in [-0.15, -0.1) is 0 Å². The van der Waals surface area contributed by atoms with Crippen LogP contribution in [0.15, 0.2) is 29.2 Å². The Kier molecular flexibility index (Phi) is 6.92. The molecule has 27 heavy (non-hydrogen) atoms. The van der Waals surface area contributed by atoms with Crippen LogP contribution in [0.4, 0.5) is 0 Å². The summed E-state index contributed by atoms with van der Waals surface area (Å²) in [6, 6.07) is 5.38. The highest BCUT2D eigenvalue weighted by Crippen LogP contribution is 2.23. The highest BCUT2D eigenvalue weighted by atomic mass is 32.2. The van der Waals surface area contributed by atoms with Crippen LogP contribution in [0.1, 0.15) is 37.0 Å². The summed E-state index contributed by atoms with van der Waals surface area (Å²) in [4.78, 5) is 34.1. The average Bonchev–Trinajstić information content (AvgIpc) is 2.64. The quantitative estimate of drug-likeness (QED) is 0.549. The lowest BCUT2D eigenvalue weighted by atomic mass is 10.0. The van der Waals surface area contributed by atoms with E-state index in [-0.39, 0.29) is 10.5 Å². The summed E-state index contributed by atoms with van der Waals surface area (Å²) in [6.45, 7) is 3.70. The molecule has 1 aromatic carbocycles. The van der Waals surface area contributed by atoms with Crippen LogP contribution in [0.3, 0.4) is 0 Å². The molecule has 0 aliphatic carbocycles. The van der Waals surface area contributed by atoms with Gasteiger partial charge in [0.15, 0.2) is 6.61 Å². The van der Waals surface area contributed by atoms with Gasteiger partial charge in [-0.3, -0.25) is 20.4 Å². The van der Waals surface area contributed by atoms with Crippen molar-refractivity contribution in [2.45, 2.75) is 31.6 Å². The number of rotatable bonds is 5. The zero-order chi connectivity index (χ0) is 20.0. The number of nitrogens with one attached hydrogen (secondary N) is 2. The number of hydrogen-bond acceptors (Lipinski definition) is 6. The van der Waals surface area contributed by atoms with Crippen LogP contribution in [0, 0.1) is 5.92 Å². The maximum absolute atomic E-state index is 12.6. The Bertz CT molecular complexity index is 798. The first-order valence-electron chi connectivity index (χ1n) is 8.53. The molecule has 148 valence electrons. The van der Waals surface area contributed by atoms with Crippen molar-refractivity contribution >= 4 is 27.8 Å². The monoisotopic (exact) mass is 397 g/mol. The molecule has 1 saturated heterocycles. The predicted octanol–water partition coefficient (Wildman–Crippen LogP) is 0.431. The van der Waals surface area contributed by atoms with Crippen molar-refractivity contribution in [2.75, 3.05) is 19.7 Å². The second-order valence-corrected chi connectivity index (χ2v) is 8.35. The Morgan fingerprint density at radius 3 is 2.26 bits per heavy atom. The van der Waals surface area contributed by atoms with Gasteiger partial charge < -0.3 is 4.74 Å². The van der Waals surface area contributed by atoms with Gasteiger partial charge in [0.1, 0.15) is 0 Å². The van der Waals surface area contributed by atoms with E-state index in [1.165, 1.54) is 35.5 Å². The summed E-state index contributed by atoms with van der Waals surface area (Å²) in [7, 11) is -3.59. The topological polar surface area (TPSA) is 122 Å². The molecule has 2 N–H and O–H groups in total. The maximum Gasteiger partial charge on any atom is 0.338 e. The van der Waals surface area contributed by atoms with E-state index in [1.54, 1.807) is 0 Å². The van der Waals surface area contributed by atoms with Crippen LogP contribution in [0.2, 0.25) is 0 Å². The number of carbonyl (C=O) groups is 3. The summed E-state index contributed by atoms with van der Waals surface area (Å²) in [6.07, 6.45) is 1.65. The highest BCUT2D eigenvalue weighted by molar-refractivity contribution is 7.89. The van der Waals surface area contributed by atoms with Crippen molar-refractivity contribution in [2.24, 2.45) is 5.92 Å². The molecule has 2 amide bonds.